The summed E-state index contributed by atoms with van der Waals surface area (Å²) >= 11 is 0. The van der Waals surface area contributed by atoms with E-state index in [1.807, 2.05) is 54.0 Å². The lowest BCUT2D eigenvalue weighted by molar-refractivity contribution is -0.143. The lowest BCUT2D eigenvalue weighted by Crippen LogP contribution is -2.27. The SMILES string of the molecule is CCOC(=O)Cn1c(CCNC(=O)c2cccc(C)c2)nc2ccccc21. The number of nitrogens with one attached hydrogen (secondary N) is 1. The van der Waals surface area contributed by atoms with Crippen molar-refractivity contribution in [1.82, 2.24) is 14.9 Å². The van der Waals surface area contributed by atoms with Crippen LogP contribution in [0.15, 0.2) is 48.5 Å². The van der Waals surface area contributed by atoms with E-state index < -0.39 is 0 Å². The average molecular weight is 365 g/mol. The van der Waals surface area contributed by atoms with Gasteiger partial charge in [-0.05, 0) is 38.1 Å². The maximum absolute atomic E-state index is 12.3. The van der Waals surface area contributed by atoms with Gasteiger partial charge in [-0.15, -0.1) is 0 Å². The Balaban J connectivity index is 1.72. The molecule has 0 bridgehead atoms. The molecule has 6 nitrogen and oxygen atoms in total. The van der Waals surface area contributed by atoms with Crippen LogP contribution in [0.5, 0.6) is 0 Å². The first-order chi connectivity index (χ1) is 13.1. The molecule has 1 amide bonds. The summed E-state index contributed by atoms with van der Waals surface area (Å²) in [4.78, 5) is 28.9. The van der Waals surface area contributed by atoms with Crippen LogP contribution in [0.3, 0.4) is 0 Å². The molecule has 2 aromatic carbocycles. The van der Waals surface area contributed by atoms with Crippen LogP contribution in [0.25, 0.3) is 11.0 Å². The Labute approximate surface area is 158 Å². The highest BCUT2D eigenvalue weighted by molar-refractivity contribution is 5.94. The second-order valence-corrected chi connectivity index (χ2v) is 6.28. The molecule has 0 aliphatic carbocycles. The van der Waals surface area contributed by atoms with Gasteiger partial charge in [0.1, 0.15) is 12.4 Å². The number of fused-ring (bicyclic) bond motifs is 1. The van der Waals surface area contributed by atoms with E-state index in [2.05, 4.69) is 10.3 Å². The molecule has 1 heterocycles. The van der Waals surface area contributed by atoms with E-state index in [4.69, 9.17) is 4.74 Å². The van der Waals surface area contributed by atoms with E-state index >= 15 is 0 Å². The van der Waals surface area contributed by atoms with Crippen LogP contribution >= 0.6 is 0 Å². The second-order valence-electron chi connectivity index (χ2n) is 6.28. The van der Waals surface area contributed by atoms with Gasteiger partial charge in [0.2, 0.25) is 0 Å². The zero-order chi connectivity index (χ0) is 19.2. The van der Waals surface area contributed by atoms with Gasteiger partial charge in [0.25, 0.3) is 5.91 Å². The molecule has 0 unspecified atom stereocenters. The molecule has 0 saturated heterocycles. The van der Waals surface area contributed by atoms with Crippen molar-refractivity contribution in [3.63, 3.8) is 0 Å². The molecule has 0 radical (unpaired) electrons. The molecule has 6 heteroatoms. The number of aromatic nitrogens is 2. The molecule has 3 aromatic rings. The van der Waals surface area contributed by atoms with Gasteiger partial charge >= 0.3 is 5.97 Å². The summed E-state index contributed by atoms with van der Waals surface area (Å²) in [6.45, 7) is 4.61. The van der Waals surface area contributed by atoms with Crippen molar-refractivity contribution in [2.45, 2.75) is 26.8 Å². The Bertz CT molecular complexity index is 962. The first-order valence-corrected chi connectivity index (χ1v) is 9.03. The summed E-state index contributed by atoms with van der Waals surface area (Å²) < 4.78 is 6.93. The summed E-state index contributed by atoms with van der Waals surface area (Å²) in [7, 11) is 0. The second kappa shape index (κ2) is 8.49. The van der Waals surface area contributed by atoms with Crippen molar-refractivity contribution in [1.29, 1.82) is 0 Å². The number of carbonyl (C=O) groups excluding carboxylic acids is 2. The number of hydrogen-bond donors (Lipinski definition) is 1. The Morgan fingerprint density at radius 1 is 1.15 bits per heavy atom. The fourth-order valence-corrected chi connectivity index (χ4v) is 3.00. The zero-order valence-corrected chi connectivity index (χ0v) is 15.6. The molecule has 0 fully saturated rings. The van der Waals surface area contributed by atoms with Crippen LogP contribution in [0.4, 0.5) is 0 Å². The molecule has 3 rings (SSSR count). The van der Waals surface area contributed by atoms with E-state index in [0.717, 1.165) is 22.4 Å². The van der Waals surface area contributed by atoms with Crippen LogP contribution in [0, 0.1) is 6.92 Å². The van der Waals surface area contributed by atoms with E-state index in [1.54, 1.807) is 13.0 Å². The number of hydrogen-bond acceptors (Lipinski definition) is 4. The van der Waals surface area contributed by atoms with E-state index in [-0.39, 0.29) is 18.4 Å². The van der Waals surface area contributed by atoms with Gasteiger partial charge in [0.05, 0.1) is 17.6 Å². The normalized spacial score (nSPS) is 10.7. The minimum Gasteiger partial charge on any atom is -0.465 e. The highest BCUT2D eigenvalue weighted by Gasteiger charge is 2.14. The van der Waals surface area contributed by atoms with Crippen molar-refractivity contribution in [3.8, 4) is 0 Å². The number of ether oxygens (including phenoxy) is 1. The average Bonchev–Trinajstić information content (AvgIpc) is 2.99. The van der Waals surface area contributed by atoms with Crippen LogP contribution in [-0.4, -0.2) is 34.6 Å². The predicted octanol–water partition coefficient (Wildman–Crippen LogP) is 2.88. The van der Waals surface area contributed by atoms with Crippen molar-refractivity contribution >= 4 is 22.9 Å². The van der Waals surface area contributed by atoms with Gasteiger partial charge in [-0.1, -0.05) is 29.8 Å². The van der Waals surface area contributed by atoms with Gasteiger partial charge in [0.15, 0.2) is 0 Å². The number of para-hydroxylation sites is 2. The number of benzene rings is 2. The van der Waals surface area contributed by atoms with E-state index in [1.165, 1.54) is 0 Å². The van der Waals surface area contributed by atoms with Crippen molar-refractivity contribution in [2.24, 2.45) is 0 Å². The van der Waals surface area contributed by atoms with Crippen LogP contribution < -0.4 is 5.32 Å². The number of esters is 1. The zero-order valence-electron chi connectivity index (χ0n) is 15.6. The minimum absolute atomic E-state index is 0.107. The summed E-state index contributed by atoms with van der Waals surface area (Å²) in [5.41, 5.74) is 3.38. The first-order valence-electron chi connectivity index (χ1n) is 9.03. The third-order valence-corrected chi connectivity index (χ3v) is 4.24. The fraction of sp³-hybridized carbons (Fsp3) is 0.286. The topological polar surface area (TPSA) is 73.2 Å². The predicted molar refractivity (Wildman–Crippen MR) is 104 cm³/mol. The number of imidazole rings is 1. The summed E-state index contributed by atoms with van der Waals surface area (Å²) in [5, 5.41) is 2.92. The van der Waals surface area contributed by atoms with Gasteiger partial charge in [-0.2, -0.15) is 0 Å². The number of carbonyl (C=O) groups is 2. The summed E-state index contributed by atoms with van der Waals surface area (Å²) in [6.07, 6.45) is 0.519. The highest BCUT2D eigenvalue weighted by atomic mass is 16.5. The van der Waals surface area contributed by atoms with Gasteiger partial charge in [-0.25, -0.2) is 4.98 Å². The molecular weight excluding hydrogens is 342 g/mol. The van der Waals surface area contributed by atoms with Crippen LogP contribution in [0.2, 0.25) is 0 Å². The quantitative estimate of drug-likeness (QED) is 0.654. The van der Waals surface area contributed by atoms with Crippen molar-refractivity contribution in [3.05, 3.63) is 65.5 Å². The standard InChI is InChI=1S/C21H23N3O3/c1-3-27-20(25)14-24-18-10-5-4-9-17(18)23-19(24)11-12-22-21(26)16-8-6-7-15(2)13-16/h4-10,13H,3,11-12,14H2,1-2H3,(H,22,26). The Hall–Kier alpha value is -3.15. The van der Waals surface area contributed by atoms with Crippen molar-refractivity contribution < 1.29 is 14.3 Å². The number of nitrogens with zero attached hydrogens (tertiary/aromatic N) is 2. The Morgan fingerprint density at radius 2 is 1.96 bits per heavy atom. The molecule has 1 N–H and O–H groups in total. The molecule has 1 aromatic heterocycles. The fourth-order valence-electron chi connectivity index (χ4n) is 3.00. The molecule has 0 saturated carbocycles. The lowest BCUT2D eigenvalue weighted by atomic mass is 10.1. The molecule has 0 aliphatic rings. The third-order valence-electron chi connectivity index (χ3n) is 4.24. The van der Waals surface area contributed by atoms with E-state index in [0.29, 0.717) is 25.1 Å². The largest absolute Gasteiger partial charge is 0.465 e. The summed E-state index contributed by atoms with van der Waals surface area (Å²) in [5.74, 6) is 0.325. The number of rotatable bonds is 7. The lowest BCUT2D eigenvalue weighted by Gasteiger charge is -2.10. The molecule has 0 aliphatic heterocycles. The number of aryl methyl sites for hydroxylation is 1. The van der Waals surface area contributed by atoms with E-state index in [9.17, 15) is 9.59 Å². The third kappa shape index (κ3) is 4.53. The highest BCUT2D eigenvalue weighted by Crippen LogP contribution is 2.16. The number of amides is 1. The monoisotopic (exact) mass is 365 g/mol. The maximum atomic E-state index is 12.3. The molecule has 27 heavy (non-hydrogen) atoms. The van der Waals surface area contributed by atoms with Crippen LogP contribution in [0.1, 0.15) is 28.7 Å². The Kier molecular flexibility index (Phi) is 5.86. The smallest absolute Gasteiger partial charge is 0.326 e. The van der Waals surface area contributed by atoms with Gasteiger partial charge < -0.3 is 14.6 Å². The minimum atomic E-state index is -0.300. The molecule has 0 spiro atoms. The van der Waals surface area contributed by atoms with Gasteiger partial charge in [-0.3, -0.25) is 9.59 Å². The molecule has 0 atom stereocenters. The van der Waals surface area contributed by atoms with Crippen LogP contribution in [-0.2, 0) is 22.5 Å². The Morgan fingerprint density at radius 3 is 2.74 bits per heavy atom. The molecule has 140 valence electrons. The molecular formula is C21H23N3O3. The maximum Gasteiger partial charge on any atom is 0.326 e. The van der Waals surface area contributed by atoms with Gasteiger partial charge in [0, 0.05) is 18.5 Å². The van der Waals surface area contributed by atoms with Crippen molar-refractivity contribution in [2.75, 3.05) is 13.2 Å². The summed E-state index contributed by atoms with van der Waals surface area (Å²) in [6, 6.07) is 15.1. The first kappa shape index (κ1) is 18.6.